The Bertz CT molecular complexity index is 817. The third kappa shape index (κ3) is 2.23. The molecule has 21 heavy (non-hydrogen) atoms. The van der Waals surface area contributed by atoms with Gasteiger partial charge >= 0.3 is 0 Å². The van der Waals surface area contributed by atoms with Crippen molar-refractivity contribution in [1.29, 1.82) is 0 Å². The summed E-state index contributed by atoms with van der Waals surface area (Å²) < 4.78 is 34.2. The number of rotatable bonds is 3. The molecule has 0 saturated carbocycles. The zero-order valence-electron chi connectivity index (χ0n) is 11.1. The van der Waals surface area contributed by atoms with E-state index in [-0.39, 0.29) is 11.6 Å². The molecular weight excluding hydrogens is 298 g/mol. The highest BCUT2D eigenvalue weighted by atomic mass is 35.5. The second-order valence-corrected chi connectivity index (χ2v) is 4.69. The van der Waals surface area contributed by atoms with Gasteiger partial charge in [0.1, 0.15) is 11.6 Å². The summed E-state index contributed by atoms with van der Waals surface area (Å²) in [5.74, 6) is -0.702. The third-order valence-corrected chi connectivity index (χ3v) is 3.46. The highest BCUT2D eigenvalue weighted by Crippen LogP contribution is 2.27. The summed E-state index contributed by atoms with van der Waals surface area (Å²) in [6, 6.07) is 9.19. The van der Waals surface area contributed by atoms with Gasteiger partial charge in [-0.05, 0) is 24.3 Å². The van der Waals surface area contributed by atoms with Crippen molar-refractivity contribution in [3.63, 3.8) is 0 Å². The number of halogens is 3. The van der Waals surface area contributed by atoms with Gasteiger partial charge in [-0.25, -0.2) is 13.8 Å². The number of methoxy groups -OCH3 is 1. The quantitative estimate of drug-likeness (QED) is 0.683. The Morgan fingerprint density at radius 3 is 2.76 bits per heavy atom. The molecule has 6 heteroatoms. The molecule has 0 aliphatic rings. The molecule has 0 bridgehead atoms. The molecule has 0 fully saturated rings. The maximum absolute atomic E-state index is 14.1. The van der Waals surface area contributed by atoms with Crippen LogP contribution < -0.4 is 4.74 Å². The Kier molecular flexibility index (Phi) is 3.51. The fraction of sp³-hybridized carbons (Fsp3) is 0.133. The molecule has 1 aromatic heterocycles. The standard InChI is InChI=1S/C15H11ClF2N2O/c1-21-9-5-6-12-11(7-9)19-14(8-16)20(12)13-4-2-3-10(17)15(13)18/h2-7H,8H2,1H3. The van der Waals surface area contributed by atoms with Crippen LogP contribution in [0.25, 0.3) is 16.7 Å². The Morgan fingerprint density at radius 1 is 1.24 bits per heavy atom. The number of fused-ring (bicyclic) bond motifs is 1. The van der Waals surface area contributed by atoms with E-state index in [1.807, 2.05) is 0 Å². The monoisotopic (exact) mass is 308 g/mol. The first-order valence-corrected chi connectivity index (χ1v) is 6.75. The largest absolute Gasteiger partial charge is 0.497 e. The molecular formula is C15H11ClF2N2O. The first kappa shape index (κ1) is 13.8. The number of aromatic nitrogens is 2. The van der Waals surface area contributed by atoms with Crippen molar-refractivity contribution in [3.05, 3.63) is 53.9 Å². The third-order valence-electron chi connectivity index (χ3n) is 3.22. The van der Waals surface area contributed by atoms with Crippen molar-refractivity contribution < 1.29 is 13.5 Å². The zero-order chi connectivity index (χ0) is 15.0. The molecule has 3 aromatic rings. The topological polar surface area (TPSA) is 27.1 Å². The number of hydrogen-bond donors (Lipinski definition) is 0. The Balaban J connectivity index is 2.32. The fourth-order valence-electron chi connectivity index (χ4n) is 2.26. The molecule has 0 atom stereocenters. The zero-order valence-corrected chi connectivity index (χ0v) is 11.9. The van der Waals surface area contributed by atoms with Crippen LogP contribution in [0.2, 0.25) is 0 Å². The molecule has 1 heterocycles. The summed E-state index contributed by atoms with van der Waals surface area (Å²) in [6.45, 7) is 0. The highest BCUT2D eigenvalue weighted by molar-refractivity contribution is 6.17. The van der Waals surface area contributed by atoms with Gasteiger partial charge in [-0.2, -0.15) is 0 Å². The number of ether oxygens (including phenoxy) is 1. The summed E-state index contributed by atoms with van der Waals surface area (Å²) in [6.07, 6.45) is 0. The van der Waals surface area contributed by atoms with E-state index in [2.05, 4.69) is 4.98 Å². The van der Waals surface area contributed by atoms with E-state index in [0.717, 1.165) is 6.07 Å². The van der Waals surface area contributed by atoms with Gasteiger partial charge in [0, 0.05) is 6.07 Å². The molecule has 3 rings (SSSR count). The number of alkyl halides is 1. The predicted octanol–water partition coefficient (Wildman–Crippen LogP) is 4.05. The van der Waals surface area contributed by atoms with Gasteiger partial charge in [0.15, 0.2) is 11.6 Å². The second kappa shape index (κ2) is 5.33. The lowest BCUT2D eigenvalue weighted by Gasteiger charge is -2.09. The molecule has 0 N–H and O–H groups in total. The van der Waals surface area contributed by atoms with Crippen LogP contribution in [-0.2, 0) is 5.88 Å². The number of imidazole rings is 1. The van der Waals surface area contributed by atoms with E-state index in [4.69, 9.17) is 16.3 Å². The minimum Gasteiger partial charge on any atom is -0.497 e. The Labute approximate surface area is 124 Å². The van der Waals surface area contributed by atoms with Gasteiger partial charge in [-0.1, -0.05) is 6.07 Å². The molecule has 3 nitrogen and oxygen atoms in total. The van der Waals surface area contributed by atoms with Crippen LogP contribution in [0, 0.1) is 11.6 Å². The smallest absolute Gasteiger partial charge is 0.182 e. The van der Waals surface area contributed by atoms with Crippen molar-refractivity contribution in [2.24, 2.45) is 0 Å². The van der Waals surface area contributed by atoms with Crippen molar-refractivity contribution >= 4 is 22.6 Å². The van der Waals surface area contributed by atoms with Crippen LogP contribution in [0.15, 0.2) is 36.4 Å². The molecule has 0 radical (unpaired) electrons. The van der Waals surface area contributed by atoms with Crippen molar-refractivity contribution in [1.82, 2.24) is 9.55 Å². The van der Waals surface area contributed by atoms with Gasteiger partial charge in [-0.15, -0.1) is 11.6 Å². The first-order valence-electron chi connectivity index (χ1n) is 6.21. The van der Waals surface area contributed by atoms with Crippen LogP contribution in [0.3, 0.4) is 0 Å². The molecule has 0 amide bonds. The highest BCUT2D eigenvalue weighted by Gasteiger charge is 2.17. The van der Waals surface area contributed by atoms with Crippen LogP contribution >= 0.6 is 11.6 Å². The van der Waals surface area contributed by atoms with Gasteiger partial charge in [0.2, 0.25) is 0 Å². The maximum atomic E-state index is 14.1. The Morgan fingerprint density at radius 2 is 2.05 bits per heavy atom. The lowest BCUT2D eigenvalue weighted by molar-refractivity contribution is 0.415. The fourth-order valence-corrected chi connectivity index (χ4v) is 2.44. The van der Waals surface area contributed by atoms with E-state index >= 15 is 0 Å². The minimum atomic E-state index is -0.931. The van der Waals surface area contributed by atoms with Crippen LogP contribution in [-0.4, -0.2) is 16.7 Å². The van der Waals surface area contributed by atoms with Crippen molar-refractivity contribution in [3.8, 4) is 11.4 Å². The Hall–Kier alpha value is -2.14. The minimum absolute atomic E-state index is 0.0763. The molecule has 2 aromatic carbocycles. The van der Waals surface area contributed by atoms with Gasteiger partial charge in [-0.3, -0.25) is 4.57 Å². The second-order valence-electron chi connectivity index (χ2n) is 4.42. The van der Waals surface area contributed by atoms with E-state index in [0.29, 0.717) is 22.6 Å². The average molecular weight is 309 g/mol. The summed E-state index contributed by atoms with van der Waals surface area (Å²) in [4.78, 5) is 4.35. The van der Waals surface area contributed by atoms with Gasteiger partial charge < -0.3 is 4.74 Å². The van der Waals surface area contributed by atoms with E-state index < -0.39 is 11.6 Å². The number of nitrogens with zero attached hydrogens (tertiary/aromatic N) is 2. The van der Waals surface area contributed by atoms with Crippen LogP contribution in [0.4, 0.5) is 8.78 Å². The molecule has 0 saturated heterocycles. The first-order chi connectivity index (χ1) is 10.2. The van der Waals surface area contributed by atoms with Gasteiger partial charge in [0.25, 0.3) is 0 Å². The predicted molar refractivity (Wildman–Crippen MR) is 77.1 cm³/mol. The van der Waals surface area contributed by atoms with E-state index in [1.54, 1.807) is 25.3 Å². The number of benzene rings is 2. The molecule has 0 spiro atoms. The van der Waals surface area contributed by atoms with E-state index in [1.165, 1.54) is 16.7 Å². The summed E-state index contributed by atoms with van der Waals surface area (Å²) in [5.41, 5.74) is 1.32. The summed E-state index contributed by atoms with van der Waals surface area (Å²) in [5, 5.41) is 0. The lowest BCUT2D eigenvalue weighted by Crippen LogP contribution is -2.03. The summed E-state index contributed by atoms with van der Waals surface area (Å²) >= 11 is 5.89. The normalized spacial score (nSPS) is 11.0. The van der Waals surface area contributed by atoms with Gasteiger partial charge in [0.05, 0.1) is 29.7 Å². The molecule has 0 unspecified atom stereocenters. The SMILES string of the molecule is COc1ccc2c(c1)nc(CCl)n2-c1cccc(F)c1F. The van der Waals surface area contributed by atoms with Crippen LogP contribution in [0.5, 0.6) is 5.75 Å². The van der Waals surface area contributed by atoms with E-state index in [9.17, 15) is 8.78 Å². The molecule has 0 aliphatic heterocycles. The average Bonchev–Trinajstić information content (AvgIpc) is 2.87. The maximum Gasteiger partial charge on any atom is 0.182 e. The number of hydrogen-bond acceptors (Lipinski definition) is 2. The van der Waals surface area contributed by atoms with Crippen molar-refractivity contribution in [2.75, 3.05) is 7.11 Å². The van der Waals surface area contributed by atoms with Crippen LogP contribution in [0.1, 0.15) is 5.82 Å². The summed E-state index contributed by atoms with van der Waals surface area (Å²) in [7, 11) is 1.55. The molecule has 0 aliphatic carbocycles. The molecule has 108 valence electrons. The lowest BCUT2D eigenvalue weighted by atomic mass is 10.2. The van der Waals surface area contributed by atoms with Crippen molar-refractivity contribution in [2.45, 2.75) is 5.88 Å².